The van der Waals surface area contributed by atoms with E-state index in [-0.39, 0.29) is 0 Å². The van der Waals surface area contributed by atoms with Crippen LogP contribution in [0.1, 0.15) is 11.7 Å². The van der Waals surface area contributed by atoms with Gasteiger partial charge in [0.1, 0.15) is 17.8 Å². The van der Waals surface area contributed by atoms with Gasteiger partial charge in [0.15, 0.2) is 0 Å². The monoisotopic (exact) mass is 209 g/mol. The van der Waals surface area contributed by atoms with Gasteiger partial charge < -0.3 is 5.73 Å². The molecule has 1 rings (SSSR count). The standard InChI is InChI=1S/C8H7ClF3N/c9-8-5(11)2-1-4(10)7(8)6(12)3-13/h1-2,6H,3,13H2. The molecule has 1 atom stereocenters. The molecule has 0 spiro atoms. The van der Waals surface area contributed by atoms with Crippen LogP contribution in [0.5, 0.6) is 0 Å². The van der Waals surface area contributed by atoms with E-state index in [2.05, 4.69) is 0 Å². The van der Waals surface area contributed by atoms with Crippen LogP contribution in [0.2, 0.25) is 5.02 Å². The fourth-order valence-electron chi connectivity index (χ4n) is 0.948. The van der Waals surface area contributed by atoms with E-state index < -0.39 is 34.9 Å². The molecule has 0 amide bonds. The Bertz CT molecular complexity index is 317. The Hall–Kier alpha value is -0.740. The Kier molecular flexibility index (Phi) is 3.17. The van der Waals surface area contributed by atoms with Gasteiger partial charge in [-0.15, -0.1) is 0 Å². The Balaban J connectivity index is 3.25. The molecule has 13 heavy (non-hydrogen) atoms. The van der Waals surface area contributed by atoms with Gasteiger partial charge in [-0.1, -0.05) is 11.6 Å². The minimum absolute atomic E-state index is 0.430. The van der Waals surface area contributed by atoms with Gasteiger partial charge in [0.2, 0.25) is 0 Å². The molecule has 0 aliphatic carbocycles. The number of halogens is 4. The summed E-state index contributed by atoms with van der Waals surface area (Å²) in [5.74, 6) is -1.74. The summed E-state index contributed by atoms with van der Waals surface area (Å²) in [7, 11) is 0. The Morgan fingerprint density at radius 2 is 1.85 bits per heavy atom. The van der Waals surface area contributed by atoms with Crippen LogP contribution in [-0.2, 0) is 0 Å². The average Bonchev–Trinajstić information content (AvgIpc) is 2.12. The van der Waals surface area contributed by atoms with E-state index >= 15 is 0 Å². The highest BCUT2D eigenvalue weighted by Gasteiger charge is 2.19. The maximum absolute atomic E-state index is 12.9. The third-order valence-electron chi connectivity index (χ3n) is 1.60. The quantitative estimate of drug-likeness (QED) is 0.745. The summed E-state index contributed by atoms with van der Waals surface area (Å²) in [5.41, 5.74) is 4.46. The molecular weight excluding hydrogens is 203 g/mol. The van der Waals surface area contributed by atoms with Gasteiger partial charge in [0.05, 0.1) is 5.02 Å². The SMILES string of the molecule is NCC(F)c1c(F)ccc(F)c1Cl. The minimum atomic E-state index is -1.77. The highest BCUT2D eigenvalue weighted by atomic mass is 35.5. The van der Waals surface area contributed by atoms with Gasteiger partial charge in [0, 0.05) is 12.1 Å². The highest BCUT2D eigenvalue weighted by Crippen LogP contribution is 2.29. The molecule has 1 nitrogen and oxygen atoms in total. The summed E-state index contributed by atoms with van der Waals surface area (Å²) in [5, 5.41) is -0.544. The lowest BCUT2D eigenvalue weighted by Gasteiger charge is -2.09. The van der Waals surface area contributed by atoms with Crippen LogP contribution < -0.4 is 5.73 Å². The average molecular weight is 210 g/mol. The number of benzene rings is 1. The third kappa shape index (κ3) is 1.95. The normalized spacial score (nSPS) is 13.0. The van der Waals surface area contributed by atoms with Crippen LogP contribution in [0.25, 0.3) is 0 Å². The molecule has 1 aromatic rings. The number of hydrogen-bond acceptors (Lipinski definition) is 1. The first kappa shape index (κ1) is 10.3. The zero-order chi connectivity index (χ0) is 10.0. The lowest BCUT2D eigenvalue weighted by molar-refractivity contribution is 0.340. The predicted octanol–water partition coefficient (Wildman–Crippen LogP) is 2.59. The van der Waals surface area contributed by atoms with Crippen LogP contribution in [0.15, 0.2) is 12.1 Å². The minimum Gasteiger partial charge on any atom is -0.327 e. The molecule has 0 aromatic heterocycles. The zero-order valence-electron chi connectivity index (χ0n) is 6.53. The second kappa shape index (κ2) is 3.98. The van der Waals surface area contributed by atoms with Crippen molar-refractivity contribution in [2.24, 2.45) is 5.73 Å². The molecule has 1 aromatic carbocycles. The van der Waals surface area contributed by atoms with Gasteiger partial charge in [0.25, 0.3) is 0 Å². The summed E-state index contributed by atoms with van der Waals surface area (Å²) in [6.45, 7) is -0.430. The number of hydrogen-bond donors (Lipinski definition) is 1. The Labute approximate surface area is 78.3 Å². The first-order chi connectivity index (χ1) is 6.07. The smallest absolute Gasteiger partial charge is 0.142 e. The second-order valence-electron chi connectivity index (χ2n) is 2.46. The van der Waals surface area contributed by atoms with Crippen molar-refractivity contribution in [2.75, 3.05) is 6.54 Å². The van der Waals surface area contributed by atoms with Gasteiger partial charge in [-0.2, -0.15) is 0 Å². The van der Waals surface area contributed by atoms with E-state index in [1.165, 1.54) is 0 Å². The summed E-state index contributed by atoms with van der Waals surface area (Å²) in [6, 6.07) is 1.66. The molecule has 0 radical (unpaired) electrons. The van der Waals surface area contributed by atoms with Crippen molar-refractivity contribution in [1.82, 2.24) is 0 Å². The van der Waals surface area contributed by atoms with Crippen LogP contribution in [-0.4, -0.2) is 6.54 Å². The third-order valence-corrected chi connectivity index (χ3v) is 1.98. The molecule has 0 heterocycles. The van der Waals surface area contributed by atoms with Crippen LogP contribution in [0, 0.1) is 11.6 Å². The molecule has 5 heteroatoms. The molecule has 2 N–H and O–H groups in total. The van der Waals surface area contributed by atoms with E-state index in [0.29, 0.717) is 0 Å². The molecule has 0 fully saturated rings. The van der Waals surface area contributed by atoms with Crippen molar-refractivity contribution < 1.29 is 13.2 Å². The van der Waals surface area contributed by atoms with E-state index in [0.717, 1.165) is 12.1 Å². The zero-order valence-corrected chi connectivity index (χ0v) is 7.28. The van der Waals surface area contributed by atoms with Gasteiger partial charge in [-0.25, -0.2) is 13.2 Å². The summed E-state index contributed by atoms with van der Waals surface area (Å²) < 4.78 is 38.6. The van der Waals surface area contributed by atoms with Crippen molar-refractivity contribution in [3.63, 3.8) is 0 Å². The van der Waals surface area contributed by atoms with Crippen molar-refractivity contribution in [3.05, 3.63) is 34.4 Å². The molecule has 0 aliphatic heterocycles. The fraction of sp³-hybridized carbons (Fsp3) is 0.250. The van der Waals surface area contributed by atoms with Crippen molar-refractivity contribution in [2.45, 2.75) is 6.17 Å². The molecule has 1 unspecified atom stereocenters. The first-order valence-electron chi connectivity index (χ1n) is 3.55. The lowest BCUT2D eigenvalue weighted by atomic mass is 10.1. The van der Waals surface area contributed by atoms with Gasteiger partial charge in [-0.3, -0.25) is 0 Å². The van der Waals surface area contributed by atoms with Crippen molar-refractivity contribution in [1.29, 1.82) is 0 Å². The van der Waals surface area contributed by atoms with E-state index in [1.807, 2.05) is 0 Å². The van der Waals surface area contributed by atoms with Crippen molar-refractivity contribution >= 4 is 11.6 Å². The van der Waals surface area contributed by atoms with Crippen LogP contribution >= 0.6 is 11.6 Å². The van der Waals surface area contributed by atoms with Crippen LogP contribution in [0.3, 0.4) is 0 Å². The number of nitrogens with two attached hydrogens (primary N) is 1. The Morgan fingerprint density at radius 3 is 2.38 bits per heavy atom. The van der Waals surface area contributed by atoms with Gasteiger partial charge in [-0.05, 0) is 12.1 Å². The number of alkyl halides is 1. The predicted molar refractivity (Wildman–Crippen MR) is 44.3 cm³/mol. The lowest BCUT2D eigenvalue weighted by Crippen LogP contribution is -2.10. The fourth-order valence-corrected chi connectivity index (χ4v) is 1.22. The molecule has 0 aliphatic rings. The van der Waals surface area contributed by atoms with Gasteiger partial charge >= 0.3 is 0 Å². The molecule has 72 valence electrons. The van der Waals surface area contributed by atoms with Crippen molar-refractivity contribution in [3.8, 4) is 0 Å². The van der Waals surface area contributed by atoms with E-state index in [9.17, 15) is 13.2 Å². The van der Waals surface area contributed by atoms with Crippen LogP contribution in [0.4, 0.5) is 13.2 Å². The summed E-state index contributed by atoms with van der Waals surface area (Å²) in [6.07, 6.45) is -1.77. The topological polar surface area (TPSA) is 26.0 Å². The largest absolute Gasteiger partial charge is 0.327 e. The second-order valence-corrected chi connectivity index (χ2v) is 2.84. The molecule has 0 saturated carbocycles. The maximum atomic E-state index is 12.9. The summed E-state index contributed by atoms with van der Waals surface area (Å²) in [4.78, 5) is 0. The highest BCUT2D eigenvalue weighted by molar-refractivity contribution is 6.31. The number of rotatable bonds is 2. The maximum Gasteiger partial charge on any atom is 0.142 e. The van der Waals surface area contributed by atoms with E-state index in [1.54, 1.807) is 0 Å². The molecular formula is C8H7ClF3N. The molecule has 0 saturated heterocycles. The first-order valence-corrected chi connectivity index (χ1v) is 3.93. The molecule has 0 bridgehead atoms. The van der Waals surface area contributed by atoms with E-state index in [4.69, 9.17) is 17.3 Å². The summed E-state index contributed by atoms with van der Waals surface area (Å²) >= 11 is 5.36. The Morgan fingerprint density at radius 1 is 1.31 bits per heavy atom.